The Morgan fingerprint density at radius 2 is 2.15 bits per heavy atom. The fourth-order valence-electron chi connectivity index (χ4n) is 2.75. The van der Waals surface area contributed by atoms with Crippen LogP contribution in [0, 0.1) is 13.8 Å². The Kier molecular flexibility index (Phi) is 5.38. The Morgan fingerprint density at radius 3 is 2.85 bits per heavy atom. The third-order valence-electron chi connectivity index (χ3n) is 4.17. The quantitative estimate of drug-likeness (QED) is 0.834. The molecule has 1 aliphatic heterocycles. The molecule has 20 heavy (non-hydrogen) atoms. The molecule has 0 radical (unpaired) electrons. The average molecular weight is 291 g/mol. The molecule has 1 heterocycles. The smallest absolute Gasteiger partial charge is 0.170 e. The SMILES string of the molecule is CCN1CCCC1CNC(=S)Nc1ccc(C)c(C)c1. The van der Waals surface area contributed by atoms with Crippen LogP contribution in [0.2, 0.25) is 0 Å². The molecule has 1 aromatic carbocycles. The average Bonchev–Trinajstić information content (AvgIpc) is 2.88. The van der Waals surface area contributed by atoms with E-state index in [-0.39, 0.29) is 0 Å². The minimum atomic E-state index is 0.625. The zero-order valence-electron chi connectivity index (χ0n) is 12.7. The van der Waals surface area contributed by atoms with Gasteiger partial charge in [-0.1, -0.05) is 13.0 Å². The highest BCUT2D eigenvalue weighted by molar-refractivity contribution is 7.80. The lowest BCUT2D eigenvalue weighted by Crippen LogP contribution is -2.41. The third-order valence-corrected chi connectivity index (χ3v) is 4.41. The molecular weight excluding hydrogens is 266 g/mol. The Morgan fingerprint density at radius 1 is 1.35 bits per heavy atom. The van der Waals surface area contributed by atoms with Crippen LogP contribution in [0.4, 0.5) is 5.69 Å². The summed E-state index contributed by atoms with van der Waals surface area (Å²) in [7, 11) is 0. The van der Waals surface area contributed by atoms with Crippen LogP contribution in [0.15, 0.2) is 18.2 Å². The lowest BCUT2D eigenvalue weighted by molar-refractivity contribution is 0.267. The minimum absolute atomic E-state index is 0.625. The van der Waals surface area contributed by atoms with Gasteiger partial charge in [-0.3, -0.25) is 4.90 Å². The summed E-state index contributed by atoms with van der Waals surface area (Å²) in [4.78, 5) is 2.52. The van der Waals surface area contributed by atoms with E-state index in [1.807, 2.05) is 0 Å². The summed E-state index contributed by atoms with van der Waals surface area (Å²) in [6.07, 6.45) is 2.57. The highest BCUT2D eigenvalue weighted by Gasteiger charge is 2.22. The molecule has 0 spiro atoms. The van der Waals surface area contributed by atoms with Crippen molar-refractivity contribution in [2.45, 2.75) is 39.7 Å². The molecule has 0 bridgehead atoms. The first-order valence-electron chi connectivity index (χ1n) is 7.46. The zero-order chi connectivity index (χ0) is 14.5. The fraction of sp³-hybridized carbons (Fsp3) is 0.562. The van der Waals surface area contributed by atoms with Gasteiger partial charge in [0.05, 0.1) is 0 Å². The summed E-state index contributed by atoms with van der Waals surface area (Å²) in [5, 5.41) is 7.34. The van der Waals surface area contributed by atoms with Crippen molar-refractivity contribution in [2.24, 2.45) is 0 Å². The van der Waals surface area contributed by atoms with E-state index >= 15 is 0 Å². The number of aryl methyl sites for hydroxylation is 2. The number of likely N-dealkylation sites (tertiary alicyclic amines) is 1. The summed E-state index contributed by atoms with van der Waals surface area (Å²) < 4.78 is 0. The van der Waals surface area contributed by atoms with Gasteiger partial charge < -0.3 is 10.6 Å². The topological polar surface area (TPSA) is 27.3 Å². The second-order valence-electron chi connectivity index (χ2n) is 5.56. The van der Waals surface area contributed by atoms with Gasteiger partial charge in [0.25, 0.3) is 0 Å². The molecule has 2 rings (SSSR count). The molecule has 1 atom stereocenters. The van der Waals surface area contributed by atoms with E-state index in [1.165, 1.54) is 30.5 Å². The standard InChI is InChI=1S/C16H25N3S/c1-4-19-9-5-6-15(19)11-17-16(20)18-14-8-7-12(2)13(3)10-14/h7-8,10,15H,4-6,9,11H2,1-3H3,(H2,17,18,20). The monoisotopic (exact) mass is 291 g/mol. The third kappa shape index (κ3) is 3.93. The summed E-state index contributed by atoms with van der Waals surface area (Å²) in [5.74, 6) is 0. The molecule has 1 unspecified atom stereocenters. The second-order valence-corrected chi connectivity index (χ2v) is 5.97. The molecule has 1 fully saturated rings. The van der Waals surface area contributed by atoms with Gasteiger partial charge in [-0.2, -0.15) is 0 Å². The van der Waals surface area contributed by atoms with Gasteiger partial charge in [-0.05, 0) is 75.3 Å². The molecule has 1 aromatic rings. The molecule has 4 heteroatoms. The van der Waals surface area contributed by atoms with E-state index in [2.05, 4.69) is 54.5 Å². The van der Waals surface area contributed by atoms with Crippen molar-refractivity contribution in [3.8, 4) is 0 Å². The molecule has 0 aromatic heterocycles. The largest absolute Gasteiger partial charge is 0.361 e. The van der Waals surface area contributed by atoms with E-state index in [0.29, 0.717) is 6.04 Å². The maximum absolute atomic E-state index is 5.38. The minimum Gasteiger partial charge on any atom is -0.361 e. The summed E-state index contributed by atoms with van der Waals surface area (Å²) in [6, 6.07) is 6.96. The Labute approximate surface area is 127 Å². The molecule has 1 saturated heterocycles. The summed E-state index contributed by atoms with van der Waals surface area (Å²) in [5.41, 5.74) is 3.65. The van der Waals surface area contributed by atoms with Crippen molar-refractivity contribution in [1.29, 1.82) is 0 Å². The van der Waals surface area contributed by atoms with Crippen molar-refractivity contribution in [2.75, 3.05) is 25.0 Å². The maximum atomic E-state index is 5.38. The number of likely N-dealkylation sites (N-methyl/N-ethyl adjacent to an activating group) is 1. The number of hydrogen-bond donors (Lipinski definition) is 2. The van der Waals surface area contributed by atoms with Crippen LogP contribution in [0.5, 0.6) is 0 Å². The predicted octanol–water partition coefficient (Wildman–Crippen LogP) is 3.07. The van der Waals surface area contributed by atoms with E-state index in [1.54, 1.807) is 0 Å². The lowest BCUT2D eigenvalue weighted by Gasteiger charge is -2.23. The number of nitrogens with one attached hydrogen (secondary N) is 2. The number of nitrogens with zero attached hydrogens (tertiary/aromatic N) is 1. The van der Waals surface area contributed by atoms with Crippen LogP contribution in [0.25, 0.3) is 0 Å². The van der Waals surface area contributed by atoms with Crippen LogP contribution < -0.4 is 10.6 Å². The van der Waals surface area contributed by atoms with Crippen LogP contribution in [0.3, 0.4) is 0 Å². The predicted molar refractivity (Wildman–Crippen MR) is 90.4 cm³/mol. The van der Waals surface area contributed by atoms with E-state index in [4.69, 9.17) is 12.2 Å². The summed E-state index contributed by atoms with van der Waals surface area (Å²) >= 11 is 5.38. The van der Waals surface area contributed by atoms with Crippen LogP contribution >= 0.6 is 12.2 Å². The first-order valence-corrected chi connectivity index (χ1v) is 7.87. The van der Waals surface area contributed by atoms with E-state index in [9.17, 15) is 0 Å². The van der Waals surface area contributed by atoms with Gasteiger partial charge >= 0.3 is 0 Å². The maximum Gasteiger partial charge on any atom is 0.170 e. The van der Waals surface area contributed by atoms with Gasteiger partial charge in [0.1, 0.15) is 0 Å². The Balaban J connectivity index is 1.81. The zero-order valence-corrected chi connectivity index (χ0v) is 13.5. The number of thiocarbonyl (C=S) groups is 1. The number of anilines is 1. The van der Waals surface area contributed by atoms with Crippen molar-refractivity contribution in [3.05, 3.63) is 29.3 Å². The van der Waals surface area contributed by atoms with Crippen molar-refractivity contribution in [3.63, 3.8) is 0 Å². The summed E-state index contributed by atoms with van der Waals surface area (Å²) in [6.45, 7) is 9.75. The fourth-order valence-corrected chi connectivity index (χ4v) is 2.95. The molecule has 1 aliphatic rings. The van der Waals surface area contributed by atoms with Crippen molar-refractivity contribution < 1.29 is 0 Å². The number of rotatable bonds is 4. The molecule has 0 amide bonds. The molecule has 0 saturated carbocycles. The normalized spacial score (nSPS) is 19.1. The molecule has 0 aliphatic carbocycles. The number of hydrogen-bond acceptors (Lipinski definition) is 2. The van der Waals surface area contributed by atoms with Gasteiger partial charge in [-0.25, -0.2) is 0 Å². The second kappa shape index (κ2) is 7.04. The molecular formula is C16H25N3S. The van der Waals surface area contributed by atoms with Crippen molar-refractivity contribution in [1.82, 2.24) is 10.2 Å². The highest BCUT2D eigenvalue weighted by Crippen LogP contribution is 2.16. The van der Waals surface area contributed by atoms with E-state index in [0.717, 1.165) is 23.9 Å². The first kappa shape index (κ1) is 15.3. The number of benzene rings is 1. The van der Waals surface area contributed by atoms with Gasteiger partial charge in [-0.15, -0.1) is 0 Å². The van der Waals surface area contributed by atoms with Crippen LogP contribution in [0.1, 0.15) is 30.9 Å². The lowest BCUT2D eigenvalue weighted by atomic mass is 10.1. The molecule has 110 valence electrons. The van der Waals surface area contributed by atoms with Crippen LogP contribution in [-0.4, -0.2) is 35.7 Å². The van der Waals surface area contributed by atoms with Crippen molar-refractivity contribution >= 4 is 23.0 Å². The van der Waals surface area contributed by atoms with Gasteiger partial charge in [0, 0.05) is 18.3 Å². The van der Waals surface area contributed by atoms with E-state index < -0.39 is 0 Å². The molecule has 2 N–H and O–H groups in total. The highest BCUT2D eigenvalue weighted by atomic mass is 32.1. The molecule has 3 nitrogen and oxygen atoms in total. The van der Waals surface area contributed by atoms with Crippen LogP contribution in [-0.2, 0) is 0 Å². The first-order chi connectivity index (χ1) is 9.60. The van der Waals surface area contributed by atoms with Gasteiger partial charge in [0.15, 0.2) is 5.11 Å². The Bertz CT molecular complexity index is 473. The van der Waals surface area contributed by atoms with Gasteiger partial charge in [0.2, 0.25) is 0 Å². The Hall–Kier alpha value is -1.13.